The van der Waals surface area contributed by atoms with E-state index in [1.165, 1.54) is 20.0 Å². The van der Waals surface area contributed by atoms with Crippen LogP contribution in [-0.2, 0) is 19.1 Å². The van der Waals surface area contributed by atoms with E-state index in [0.717, 1.165) is 47.8 Å². The average Bonchev–Trinajstić information content (AvgIpc) is 3.26. The molecule has 0 heterocycles. The average molecular weight is 320 g/mol. The van der Waals surface area contributed by atoms with Gasteiger partial charge >= 0.3 is 11.9 Å². The Balaban J connectivity index is 1.39. The second kappa shape index (κ2) is 5.49. The van der Waals surface area contributed by atoms with Gasteiger partial charge in [-0.15, -0.1) is 0 Å². The lowest BCUT2D eigenvalue weighted by Crippen LogP contribution is -2.41. The number of rotatable bonds is 4. The Morgan fingerprint density at radius 2 is 1.65 bits per heavy atom. The minimum absolute atomic E-state index is 0.0664. The number of carbonyl (C=O) groups excluding carboxylic acids is 2. The van der Waals surface area contributed by atoms with Crippen LogP contribution < -0.4 is 0 Å². The highest BCUT2D eigenvalue weighted by atomic mass is 16.5. The first-order chi connectivity index (χ1) is 11.0. The van der Waals surface area contributed by atoms with E-state index in [2.05, 4.69) is 18.6 Å². The maximum absolute atomic E-state index is 12.5. The van der Waals surface area contributed by atoms with E-state index in [-0.39, 0.29) is 30.9 Å². The van der Waals surface area contributed by atoms with Crippen LogP contribution in [0.15, 0.2) is 0 Å². The second-order valence-corrected chi connectivity index (χ2v) is 8.43. The summed E-state index contributed by atoms with van der Waals surface area (Å²) in [7, 11) is 1.36. The summed E-state index contributed by atoms with van der Waals surface area (Å²) in [5, 5.41) is 0. The summed E-state index contributed by atoms with van der Waals surface area (Å²) < 4.78 is 9.98. The Hall–Kier alpha value is -1.06. The lowest BCUT2D eigenvalue weighted by Gasteiger charge is -2.43. The van der Waals surface area contributed by atoms with E-state index < -0.39 is 0 Å². The number of fused-ring (bicyclic) bond motifs is 9. The first-order valence-corrected chi connectivity index (χ1v) is 9.26. The van der Waals surface area contributed by atoms with E-state index in [0.29, 0.717) is 5.92 Å². The van der Waals surface area contributed by atoms with Crippen LogP contribution in [0.4, 0.5) is 0 Å². The lowest BCUT2D eigenvalue weighted by molar-refractivity contribution is -0.154. The molecule has 4 saturated carbocycles. The first-order valence-electron chi connectivity index (χ1n) is 9.26. The summed E-state index contributed by atoms with van der Waals surface area (Å²) in [6.45, 7) is 5.02. The molecule has 0 N–H and O–H groups in total. The molecule has 4 aliphatic carbocycles. The van der Waals surface area contributed by atoms with Crippen molar-refractivity contribution < 1.29 is 19.1 Å². The number of hydrogen-bond donors (Lipinski definition) is 0. The molecule has 0 saturated heterocycles. The van der Waals surface area contributed by atoms with Crippen LogP contribution in [0.1, 0.15) is 39.5 Å². The molecule has 0 aliphatic heterocycles. The number of methoxy groups -OCH3 is 1. The molecule has 4 bridgehead atoms. The Kier molecular flexibility index (Phi) is 3.69. The Morgan fingerprint density at radius 3 is 2.35 bits per heavy atom. The maximum atomic E-state index is 12.5. The molecule has 0 amide bonds. The highest BCUT2D eigenvalue weighted by molar-refractivity contribution is 5.74. The molecular weight excluding hydrogens is 292 g/mol. The summed E-state index contributed by atoms with van der Waals surface area (Å²) in [5.74, 6) is 6.06. The van der Waals surface area contributed by atoms with E-state index in [4.69, 9.17) is 4.74 Å². The third-order valence-electron chi connectivity index (χ3n) is 7.93. The van der Waals surface area contributed by atoms with Gasteiger partial charge in [0.15, 0.2) is 0 Å². The molecule has 0 spiro atoms. The normalized spacial score (nSPS) is 49.3. The first kappa shape index (κ1) is 15.5. The predicted octanol–water partition coefficient (Wildman–Crippen LogP) is 2.90. The molecule has 9 atom stereocenters. The van der Waals surface area contributed by atoms with E-state index in [9.17, 15) is 9.59 Å². The largest absolute Gasteiger partial charge is 0.469 e. The Morgan fingerprint density at radius 1 is 0.957 bits per heavy atom. The van der Waals surface area contributed by atoms with Crippen LogP contribution in [0.3, 0.4) is 0 Å². The summed E-state index contributed by atoms with van der Waals surface area (Å²) in [5.41, 5.74) is 0. The molecule has 4 fully saturated rings. The molecule has 0 radical (unpaired) electrons. The van der Waals surface area contributed by atoms with Gasteiger partial charge in [0.2, 0.25) is 0 Å². The fourth-order valence-electron chi connectivity index (χ4n) is 6.94. The zero-order chi connectivity index (χ0) is 16.3. The zero-order valence-electron chi connectivity index (χ0n) is 14.4. The third kappa shape index (κ3) is 2.16. The van der Waals surface area contributed by atoms with Gasteiger partial charge in [-0.3, -0.25) is 9.59 Å². The van der Waals surface area contributed by atoms with Crippen LogP contribution in [-0.4, -0.2) is 25.7 Å². The smallest absolute Gasteiger partial charge is 0.309 e. The molecule has 4 rings (SSSR count). The highest BCUT2D eigenvalue weighted by Crippen LogP contribution is 2.71. The van der Waals surface area contributed by atoms with Crippen LogP contribution in [0.25, 0.3) is 0 Å². The minimum atomic E-state index is -0.318. The fourth-order valence-corrected chi connectivity index (χ4v) is 6.94. The molecule has 128 valence electrons. The summed E-state index contributed by atoms with van der Waals surface area (Å²) in [6.07, 6.45) is 3.81. The third-order valence-corrected chi connectivity index (χ3v) is 7.93. The van der Waals surface area contributed by atoms with Crippen molar-refractivity contribution in [1.82, 2.24) is 0 Å². The van der Waals surface area contributed by atoms with Crippen molar-refractivity contribution in [3.63, 3.8) is 0 Å². The maximum Gasteiger partial charge on any atom is 0.309 e. The van der Waals surface area contributed by atoms with Gasteiger partial charge in [-0.25, -0.2) is 0 Å². The minimum Gasteiger partial charge on any atom is -0.469 e. The van der Waals surface area contributed by atoms with Crippen molar-refractivity contribution in [1.29, 1.82) is 0 Å². The molecule has 4 aliphatic rings. The monoisotopic (exact) mass is 320 g/mol. The quantitative estimate of drug-likeness (QED) is 0.590. The molecule has 4 nitrogen and oxygen atoms in total. The van der Waals surface area contributed by atoms with Gasteiger partial charge in [0.05, 0.1) is 19.4 Å². The van der Waals surface area contributed by atoms with Crippen LogP contribution >= 0.6 is 0 Å². The summed E-state index contributed by atoms with van der Waals surface area (Å²) in [4.78, 5) is 23.6. The molecule has 0 aromatic heterocycles. The molecule has 0 aromatic carbocycles. The van der Waals surface area contributed by atoms with Crippen LogP contribution in [0.5, 0.6) is 0 Å². The number of hydrogen-bond acceptors (Lipinski definition) is 4. The SMILES string of the molecule is COC(=O)CCOC(=O)C1CC2CC1C1C3CC(C(C)C3C)C21. The lowest BCUT2D eigenvalue weighted by atomic mass is 9.62. The topological polar surface area (TPSA) is 52.6 Å². The van der Waals surface area contributed by atoms with Crippen molar-refractivity contribution in [2.75, 3.05) is 13.7 Å². The molecule has 9 unspecified atom stereocenters. The van der Waals surface area contributed by atoms with Gasteiger partial charge in [0.1, 0.15) is 6.61 Å². The standard InChI is InChI=1S/C19H28O4/c1-9-10(2)13-8-12(9)17-11-6-14(18(13)17)15(7-11)19(21)23-5-4-16(20)22-3/h9-15,17-18H,4-8H2,1-3H3. The van der Waals surface area contributed by atoms with Gasteiger partial charge in [0, 0.05) is 0 Å². The van der Waals surface area contributed by atoms with E-state index >= 15 is 0 Å². The molecular formula is C19H28O4. The fraction of sp³-hybridized carbons (Fsp3) is 0.895. The number of carbonyl (C=O) groups is 2. The molecule has 0 aromatic rings. The molecule has 4 heteroatoms. The second-order valence-electron chi connectivity index (χ2n) is 8.43. The number of esters is 2. The van der Waals surface area contributed by atoms with Gasteiger partial charge < -0.3 is 9.47 Å². The Bertz CT molecular complexity index is 515. The highest BCUT2D eigenvalue weighted by Gasteiger charge is 2.66. The van der Waals surface area contributed by atoms with Crippen molar-refractivity contribution in [2.24, 2.45) is 53.3 Å². The summed E-state index contributed by atoms with van der Waals surface area (Å²) >= 11 is 0. The van der Waals surface area contributed by atoms with Crippen molar-refractivity contribution in [3.05, 3.63) is 0 Å². The van der Waals surface area contributed by atoms with Gasteiger partial charge in [0.25, 0.3) is 0 Å². The van der Waals surface area contributed by atoms with Crippen molar-refractivity contribution in [3.8, 4) is 0 Å². The van der Waals surface area contributed by atoms with Gasteiger partial charge in [-0.2, -0.15) is 0 Å². The zero-order valence-corrected chi connectivity index (χ0v) is 14.4. The van der Waals surface area contributed by atoms with E-state index in [1.807, 2.05) is 0 Å². The predicted molar refractivity (Wildman–Crippen MR) is 84.2 cm³/mol. The van der Waals surface area contributed by atoms with Gasteiger partial charge in [-0.05, 0) is 66.6 Å². The van der Waals surface area contributed by atoms with Crippen LogP contribution in [0.2, 0.25) is 0 Å². The van der Waals surface area contributed by atoms with Gasteiger partial charge in [-0.1, -0.05) is 13.8 Å². The van der Waals surface area contributed by atoms with Crippen LogP contribution in [0, 0.1) is 53.3 Å². The van der Waals surface area contributed by atoms with Crippen molar-refractivity contribution in [2.45, 2.75) is 39.5 Å². The molecule has 23 heavy (non-hydrogen) atoms. The van der Waals surface area contributed by atoms with E-state index in [1.54, 1.807) is 0 Å². The number of ether oxygens (including phenoxy) is 2. The Labute approximate surface area is 138 Å². The van der Waals surface area contributed by atoms with Crippen molar-refractivity contribution >= 4 is 11.9 Å². The summed E-state index contributed by atoms with van der Waals surface area (Å²) in [6, 6.07) is 0.